The van der Waals surface area contributed by atoms with E-state index >= 15 is 0 Å². The van der Waals surface area contributed by atoms with Gasteiger partial charge in [0.15, 0.2) is 0 Å². The first-order chi connectivity index (χ1) is 9.40. The van der Waals surface area contributed by atoms with Crippen molar-refractivity contribution >= 4 is 10.0 Å². The van der Waals surface area contributed by atoms with Crippen LogP contribution in [0.25, 0.3) is 0 Å². The smallest absolute Gasteiger partial charge is 0.245 e. The zero-order chi connectivity index (χ0) is 14.9. The molecule has 0 aromatic carbocycles. The summed E-state index contributed by atoms with van der Waals surface area (Å²) in [5, 5.41) is 0. The molecule has 0 amide bonds. The molecule has 6 nitrogen and oxygen atoms in total. The van der Waals surface area contributed by atoms with Crippen molar-refractivity contribution in [3.8, 4) is 0 Å². The number of rotatable bonds is 4. The third-order valence-electron chi connectivity index (χ3n) is 3.79. The Balaban J connectivity index is 2.36. The molecule has 1 fully saturated rings. The van der Waals surface area contributed by atoms with Crippen LogP contribution in [0.15, 0.2) is 17.2 Å². The number of hydrogen-bond donors (Lipinski definition) is 1. The highest BCUT2D eigenvalue weighted by molar-refractivity contribution is 7.89. The second-order valence-electron chi connectivity index (χ2n) is 5.26. The fraction of sp³-hybridized carbons (Fsp3) is 0.692. The predicted octanol–water partition coefficient (Wildman–Crippen LogP) is 0.672. The highest BCUT2D eigenvalue weighted by Crippen LogP contribution is 2.25. The Kier molecular flexibility index (Phi) is 4.53. The van der Waals surface area contributed by atoms with E-state index < -0.39 is 10.0 Å². The SMILES string of the molecule is CCC1COC(C)CN1S(=O)(=O)c1cc(CN)n(C)c1. The molecule has 2 heterocycles. The van der Waals surface area contributed by atoms with Gasteiger partial charge in [-0.15, -0.1) is 0 Å². The summed E-state index contributed by atoms with van der Waals surface area (Å²) in [6.07, 6.45) is 2.29. The van der Waals surface area contributed by atoms with Crippen LogP contribution in [-0.4, -0.2) is 42.6 Å². The van der Waals surface area contributed by atoms with Crippen molar-refractivity contribution in [3.63, 3.8) is 0 Å². The van der Waals surface area contributed by atoms with Gasteiger partial charge in [-0.3, -0.25) is 0 Å². The molecule has 1 aromatic rings. The van der Waals surface area contributed by atoms with Gasteiger partial charge in [0.2, 0.25) is 10.0 Å². The van der Waals surface area contributed by atoms with E-state index in [9.17, 15) is 8.42 Å². The number of nitrogens with two attached hydrogens (primary N) is 1. The van der Waals surface area contributed by atoms with Crippen LogP contribution in [0.3, 0.4) is 0 Å². The van der Waals surface area contributed by atoms with Gasteiger partial charge in [-0.25, -0.2) is 8.42 Å². The van der Waals surface area contributed by atoms with Crippen LogP contribution in [0.5, 0.6) is 0 Å². The van der Waals surface area contributed by atoms with Crippen LogP contribution in [0.2, 0.25) is 0 Å². The molecule has 0 saturated carbocycles. The number of morpholine rings is 1. The maximum atomic E-state index is 12.8. The minimum atomic E-state index is -3.49. The minimum absolute atomic E-state index is 0.0785. The Morgan fingerprint density at radius 2 is 2.20 bits per heavy atom. The zero-order valence-electron chi connectivity index (χ0n) is 12.2. The number of hydrogen-bond acceptors (Lipinski definition) is 4. The summed E-state index contributed by atoms with van der Waals surface area (Å²) in [5.74, 6) is 0. The molecule has 0 aliphatic carbocycles. The fourth-order valence-corrected chi connectivity index (χ4v) is 4.34. The standard InChI is InChI=1S/C13H23N3O3S/c1-4-11-9-19-10(2)7-16(11)20(17,18)13-5-12(6-14)15(3)8-13/h5,8,10-11H,4,6-7,9,14H2,1-3H3. The number of aromatic nitrogens is 1. The van der Waals surface area contributed by atoms with Gasteiger partial charge in [-0.2, -0.15) is 4.31 Å². The molecule has 114 valence electrons. The lowest BCUT2D eigenvalue weighted by atomic mass is 10.2. The van der Waals surface area contributed by atoms with Crippen molar-refractivity contribution in [2.75, 3.05) is 13.2 Å². The summed E-state index contributed by atoms with van der Waals surface area (Å²) >= 11 is 0. The molecule has 0 spiro atoms. The van der Waals surface area contributed by atoms with Gasteiger partial charge in [0.1, 0.15) is 4.90 Å². The molecule has 0 bridgehead atoms. The largest absolute Gasteiger partial charge is 0.375 e. The van der Waals surface area contributed by atoms with Gasteiger partial charge in [0.25, 0.3) is 0 Å². The van der Waals surface area contributed by atoms with Crippen LogP contribution in [0, 0.1) is 0 Å². The van der Waals surface area contributed by atoms with Crippen molar-refractivity contribution in [3.05, 3.63) is 18.0 Å². The lowest BCUT2D eigenvalue weighted by Gasteiger charge is -2.36. The second kappa shape index (κ2) is 5.85. The number of nitrogens with zero attached hydrogens (tertiary/aromatic N) is 2. The molecule has 2 unspecified atom stereocenters. The first-order valence-corrected chi connectivity index (χ1v) is 8.32. The number of aryl methyl sites for hydroxylation is 1. The molecular weight excluding hydrogens is 278 g/mol. The summed E-state index contributed by atoms with van der Waals surface area (Å²) in [5.41, 5.74) is 6.42. The molecule has 2 atom stereocenters. The maximum Gasteiger partial charge on any atom is 0.245 e. The van der Waals surface area contributed by atoms with E-state index in [1.165, 1.54) is 0 Å². The third-order valence-corrected chi connectivity index (χ3v) is 5.67. The highest BCUT2D eigenvalue weighted by Gasteiger charge is 2.36. The maximum absolute atomic E-state index is 12.8. The molecule has 2 rings (SSSR count). The van der Waals surface area contributed by atoms with Crippen LogP contribution in [-0.2, 0) is 28.4 Å². The molecule has 1 aliphatic rings. The summed E-state index contributed by atoms with van der Waals surface area (Å²) in [6.45, 7) is 5.04. The summed E-state index contributed by atoms with van der Waals surface area (Å²) in [7, 11) is -1.69. The van der Waals surface area contributed by atoms with Gasteiger partial charge in [-0.05, 0) is 19.4 Å². The van der Waals surface area contributed by atoms with Gasteiger partial charge >= 0.3 is 0 Å². The summed E-state index contributed by atoms with van der Waals surface area (Å²) < 4.78 is 34.5. The van der Waals surface area contributed by atoms with Crippen molar-refractivity contribution in [2.24, 2.45) is 12.8 Å². The number of ether oxygens (including phenoxy) is 1. The molecule has 0 radical (unpaired) electrons. The van der Waals surface area contributed by atoms with Crippen LogP contribution in [0.1, 0.15) is 26.0 Å². The highest BCUT2D eigenvalue weighted by atomic mass is 32.2. The molecule has 1 aliphatic heterocycles. The Hall–Kier alpha value is -0.890. The molecule has 7 heteroatoms. The number of sulfonamides is 1. The topological polar surface area (TPSA) is 77.6 Å². The van der Waals surface area contributed by atoms with Crippen molar-refractivity contribution in [2.45, 2.75) is 43.9 Å². The average Bonchev–Trinajstić information content (AvgIpc) is 2.80. The van der Waals surface area contributed by atoms with E-state index in [4.69, 9.17) is 10.5 Å². The van der Waals surface area contributed by atoms with E-state index in [1.54, 1.807) is 28.2 Å². The first kappa shape index (κ1) is 15.5. The summed E-state index contributed by atoms with van der Waals surface area (Å²) in [4.78, 5) is 0.313. The van der Waals surface area contributed by atoms with Gasteiger partial charge in [0.05, 0.1) is 12.7 Å². The quantitative estimate of drug-likeness (QED) is 0.887. The lowest BCUT2D eigenvalue weighted by Crippen LogP contribution is -2.51. The average molecular weight is 301 g/mol. The molecular formula is C13H23N3O3S. The van der Waals surface area contributed by atoms with Gasteiger partial charge in [0, 0.05) is 38.1 Å². The second-order valence-corrected chi connectivity index (χ2v) is 7.15. The van der Waals surface area contributed by atoms with E-state index in [1.807, 2.05) is 13.8 Å². The van der Waals surface area contributed by atoms with Crippen molar-refractivity contribution in [1.29, 1.82) is 0 Å². The van der Waals surface area contributed by atoms with Gasteiger partial charge in [-0.1, -0.05) is 6.92 Å². The van der Waals surface area contributed by atoms with Crippen molar-refractivity contribution in [1.82, 2.24) is 8.87 Å². The lowest BCUT2D eigenvalue weighted by molar-refractivity contribution is -0.0230. The van der Waals surface area contributed by atoms with Crippen molar-refractivity contribution < 1.29 is 13.2 Å². The summed E-state index contributed by atoms with van der Waals surface area (Å²) in [6, 6.07) is 1.56. The van der Waals surface area contributed by atoms with E-state index in [0.717, 1.165) is 12.1 Å². The minimum Gasteiger partial charge on any atom is -0.375 e. The van der Waals surface area contributed by atoms with E-state index in [0.29, 0.717) is 24.6 Å². The van der Waals surface area contributed by atoms with Crippen LogP contribution < -0.4 is 5.73 Å². The normalized spacial score (nSPS) is 25.0. The molecule has 1 aromatic heterocycles. The van der Waals surface area contributed by atoms with E-state index in [-0.39, 0.29) is 12.1 Å². The zero-order valence-corrected chi connectivity index (χ0v) is 13.1. The molecule has 2 N–H and O–H groups in total. The molecule has 1 saturated heterocycles. The Labute approximate surface area is 120 Å². The first-order valence-electron chi connectivity index (χ1n) is 6.88. The van der Waals surface area contributed by atoms with Crippen LogP contribution in [0.4, 0.5) is 0 Å². The Morgan fingerprint density at radius 3 is 2.75 bits per heavy atom. The fourth-order valence-electron chi connectivity index (χ4n) is 2.49. The van der Waals surface area contributed by atoms with Crippen LogP contribution >= 0.6 is 0 Å². The Bertz CT molecular complexity index is 567. The monoisotopic (exact) mass is 301 g/mol. The van der Waals surface area contributed by atoms with E-state index in [2.05, 4.69) is 0 Å². The third kappa shape index (κ3) is 2.76. The van der Waals surface area contributed by atoms with Gasteiger partial charge < -0.3 is 15.0 Å². The molecule has 20 heavy (non-hydrogen) atoms. The predicted molar refractivity (Wildman–Crippen MR) is 76.7 cm³/mol. The Morgan fingerprint density at radius 1 is 1.50 bits per heavy atom.